The number of aryl methyl sites for hydroxylation is 2. The molecule has 0 saturated heterocycles. The number of aromatic carboxylic acids is 1. The fourth-order valence-corrected chi connectivity index (χ4v) is 2.51. The highest BCUT2D eigenvalue weighted by atomic mass is 16.4. The first-order chi connectivity index (χ1) is 10.3. The average molecular weight is 304 g/mol. The van der Waals surface area contributed by atoms with Crippen LogP contribution >= 0.6 is 0 Å². The zero-order valence-corrected chi connectivity index (χ0v) is 13.1. The van der Waals surface area contributed by atoms with Gasteiger partial charge in [-0.05, 0) is 32.8 Å². The Bertz CT molecular complexity index is 714. The van der Waals surface area contributed by atoms with Gasteiger partial charge in [-0.15, -0.1) is 0 Å². The molecule has 1 atom stereocenters. The zero-order valence-electron chi connectivity index (χ0n) is 13.1. The van der Waals surface area contributed by atoms with Gasteiger partial charge in [-0.25, -0.2) is 9.78 Å². The molecule has 0 radical (unpaired) electrons. The number of carbonyl (C=O) groups is 2. The molecule has 4 N–H and O–H groups in total. The molecule has 7 nitrogen and oxygen atoms in total. The van der Waals surface area contributed by atoms with Crippen molar-refractivity contribution >= 4 is 11.9 Å². The second-order valence-electron chi connectivity index (χ2n) is 5.32. The summed E-state index contributed by atoms with van der Waals surface area (Å²) in [4.78, 5) is 33.7. The maximum absolute atomic E-state index is 12.5. The maximum Gasteiger partial charge on any atom is 0.352 e. The van der Waals surface area contributed by atoms with Gasteiger partial charge in [-0.3, -0.25) is 4.79 Å². The third kappa shape index (κ3) is 2.88. The molecule has 7 heteroatoms. The van der Waals surface area contributed by atoms with Crippen molar-refractivity contribution in [1.29, 1.82) is 0 Å². The van der Waals surface area contributed by atoms with Gasteiger partial charge in [0.1, 0.15) is 11.5 Å². The van der Waals surface area contributed by atoms with E-state index in [0.717, 1.165) is 5.69 Å². The van der Waals surface area contributed by atoms with Crippen LogP contribution in [0.5, 0.6) is 0 Å². The van der Waals surface area contributed by atoms with Crippen molar-refractivity contribution in [3.8, 4) is 0 Å². The number of amides is 1. The Morgan fingerprint density at radius 3 is 2.45 bits per heavy atom. The lowest BCUT2D eigenvalue weighted by Gasteiger charge is -2.15. The van der Waals surface area contributed by atoms with Gasteiger partial charge in [0, 0.05) is 17.6 Å². The summed E-state index contributed by atoms with van der Waals surface area (Å²) in [6.07, 6.45) is 2.38. The largest absolute Gasteiger partial charge is 0.477 e. The number of carboxylic acid groups (broad SMARTS) is 1. The van der Waals surface area contributed by atoms with Crippen molar-refractivity contribution in [2.24, 2.45) is 0 Å². The van der Waals surface area contributed by atoms with E-state index in [1.54, 1.807) is 20.0 Å². The van der Waals surface area contributed by atoms with Crippen LogP contribution in [-0.2, 0) is 0 Å². The van der Waals surface area contributed by atoms with Crippen LogP contribution in [-0.4, -0.2) is 31.9 Å². The quantitative estimate of drug-likeness (QED) is 0.678. The minimum absolute atomic E-state index is 0.0459. The summed E-state index contributed by atoms with van der Waals surface area (Å²) in [7, 11) is 0. The highest BCUT2D eigenvalue weighted by Crippen LogP contribution is 2.20. The van der Waals surface area contributed by atoms with Crippen molar-refractivity contribution < 1.29 is 14.7 Å². The van der Waals surface area contributed by atoms with Crippen LogP contribution < -0.4 is 5.32 Å². The van der Waals surface area contributed by atoms with Crippen LogP contribution in [0.2, 0.25) is 0 Å². The normalized spacial score (nSPS) is 12.2. The zero-order chi connectivity index (χ0) is 16.4. The van der Waals surface area contributed by atoms with Crippen molar-refractivity contribution in [3.63, 3.8) is 0 Å². The van der Waals surface area contributed by atoms with Crippen LogP contribution in [0.1, 0.15) is 63.0 Å². The van der Waals surface area contributed by atoms with Gasteiger partial charge >= 0.3 is 5.97 Å². The van der Waals surface area contributed by atoms with E-state index < -0.39 is 5.97 Å². The summed E-state index contributed by atoms with van der Waals surface area (Å²) < 4.78 is 0. The van der Waals surface area contributed by atoms with E-state index in [4.69, 9.17) is 5.11 Å². The monoisotopic (exact) mass is 304 g/mol. The van der Waals surface area contributed by atoms with Crippen molar-refractivity contribution in [2.45, 2.75) is 40.2 Å². The Kier molecular flexibility index (Phi) is 4.35. The molecule has 2 aromatic heterocycles. The lowest BCUT2D eigenvalue weighted by atomic mass is 10.1. The van der Waals surface area contributed by atoms with Crippen LogP contribution in [0.25, 0.3) is 0 Å². The Labute approximate surface area is 128 Å². The molecular weight excluding hydrogens is 284 g/mol. The number of imidazole rings is 1. The van der Waals surface area contributed by atoms with Crippen molar-refractivity contribution in [3.05, 3.63) is 40.2 Å². The second-order valence-corrected chi connectivity index (χ2v) is 5.32. The van der Waals surface area contributed by atoms with E-state index in [0.29, 0.717) is 29.1 Å². The van der Waals surface area contributed by atoms with Crippen molar-refractivity contribution in [2.75, 3.05) is 0 Å². The van der Waals surface area contributed by atoms with Gasteiger partial charge in [0.2, 0.25) is 0 Å². The lowest BCUT2D eigenvalue weighted by Crippen LogP contribution is -2.29. The maximum atomic E-state index is 12.5. The molecule has 0 spiro atoms. The molecular formula is C15H20N4O3. The molecule has 0 fully saturated rings. The summed E-state index contributed by atoms with van der Waals surface area (Å²) in [5, 5.41) is 12.0. The summed E-state index contributed by atoms with van der Waals surface area (Å²) in [6.45, 7) is 7.15. The fraction of sp³-hybridized carbons (Fsp3) is 0.400. The Balaban J connectivity index is 2.27. The molecule has 118 valence electrons. The highest BCUT2D eigenvalue weighted by molar-refractivity contribution is 6.00. The number of hydrogen-bond donors (Lipinski definition) is 4. The smallest absolute Gasteiger partial charge is 0.352 e. The van der Waals surface area contributed by atoms with E-state index in [9.17, 15) is 9.59 Å². The summed E-state index contributed by atoms with van der Waals surface area (Å²) >= 11 is 0. The number of carbonyl (C=O) groups excluding carboxylic acids is 1. The highest BCUT2D eigenvalue weighted by Gasteiger charge is 2.24. The second kappa shape index (κ2) is 6.05. The Hall–Kier alpha value is -2.57. The van der Waals surface area contributed by atoms with Gasteiger partial charge in [0.15, 0.2) is 0 Å². The molecule has 0 saturated carbocycles. The van der Waals surface area contributed by atoms with Crippen LogP contribution in [0, 0.1) is 20.8 Å². The predicted molar refractivity (Wildman–Crippen MR) is 81.0 cm³/mol. The number of aromatic nitrogens is 3. The van der Waals surface area contributed by atoms with Crippen molar-refractivity contribution in [1.82, 2.24) is 20.3 Å². The first kappa shape index (κ1) is 15.8. The molecule has 2 rings (SSSR count). The number of rotatable bonds is 5. The molecule has 0 aromatic carbocycles. The summed E-state index contributed by atoms with van der Waals surface area (Å²) in [6, 6.07) is -0.247. The van der Waals surface area contributed by atoms with Crippen LogP contribution in [0.15, 0.2) is 6.20 Å². The minimum atomic E-state index is -1.08. The Morgan fingerprint density at radius 2 is 2.00 bits per heavy atom. The first-order valence-electron chi connectivity index (χ1n) is 7.10. The van der Waals surface area contributed by atoms with E-state index >= 15 is 0 Å². The summed E-state index contributed by atoms with van der Waals surface area (Å²) in [5.74, 6) is -0.689. The molecule has 0 aliphatic carbocycles. The van der Waals surface area contributed by atoms with Crippen LogP contribution in [0.3, 0.4) is 0 Å². The molecule has 0 aliphatic heterocycles. The molecule has 0 unspecified atom stereocenters. The third-order valence-corrected chi connectivity index (χ3v) is 3.64. The van der Waals surface area contributed by atoms with E-state index in [2.05, 4.69) is 20.3 Å². The van der Waals surface area contributed by atoms with E-state index in [-0.39, 0.29) is 17.6 Å². The third-order valence-electron chi connectivity index (χ3n) is 3.64. The Morgan fingerprint density at radius 1 is 1.32 bits per heavy atom. The SMILES string of the molecule is CC[C@@H](NC(=O)c1c(C)[nH]c(C(=O)O)c1C)c1ncc(C)[nH]1. The van der Waals surface area contributed by atoms with Gasteiger partial charge in [-0.1, -0.05) is 6.92 Å². The molecule has 2 heterocycles. The number of H-pyrrole nitrogens is 2. The van der Waals surface area contributed by atoms with Gasteiger partial charge < -0.3 is 20.4 Å². The fourth-order valence-electron chi connectivity index (χ4n) is 2.51. The first-order valence-corrected chi connectivity index (χ1v) is 7.10. The van der Waals surface area contributed by atoms with Gasteiger partial charge in [-0.2, -0.15) is 0 Å². The molecule has 22 heavy (non-hydrogen) atoms. The number of nitrogens with zero attached hydrogens (tertiary/aromatic N) is 1. The molecule has 0 bridgehead atoms. The number of hydrogen-bond acceptors (Lipinski definition) is 3. The lowest BCUT2D eigenvalue weighted by molar-refractivity contribution is 0.0690. The van der Waals surface area contributed by atoms with E-state index in [1.165, 1.54) is 0 Å². The molecule has 1 amide bonds. The molecule has 2 aromatic rings. The minimum Gasteiger partial charge on any atom is -0.477 e. The number of nitrogens with one attached hydrogen (secondary N) is 3. The molecule has 0 aliphatic rings. The predicted octanol–water partition coefficient (Wildman–Crippen LogP) is 2.24. The topological polar surface area (TPSA) is 111 Å². The average Bonchev–Trinajstić information content (AvgIpc) is 3.00. The standard InChI is InChI=1S/C15H20N4O3/c1-5-10(13-16-6-7(2)17-13)19-14(20)11-8(3)12(15(21)22)18-9(11)4/h6,10,18H,5H2,1-4H3,(H,16,17)(H,19,20)(H,21,22)/t10-/m1/s1. The van der Waals surface area contributed by atoms with Gasteiger partial charge in [0.25, 0.3) is 5.91 Å². The van der Waals surface area contributed by atoms with E-state index in [1.807, 2.05) is 13.8 Å². The van der Waals surface area contributed by atoms with Crippen LogP contribution in [0.4, 0.5) is 0 Å². The number of aromatic amines is 2. The number of carboxylic acids is 1. The summed E-state index contributed by atoms with van der Waals surface area (Å²) in [5.41, 5.74) is 2.32. The van der Waals surface area contributed by atoms with Gasteiger partial charge in [0.05, 0.1) is 11.6 Å².